The SMILES string of the molecule is C/C=C\NC(C)CCC.CC.CC.CC.CCC. The summed E-state index contributed by atoms with van der Waals surface area (Å²) < 4.78 is 0. The Hall–Kier alpha value is -0.460. The van der Waals surface area contributed by atoms with Crippen molar-refractivity contribution in [3.05, 3.63) is 12.3 Å². The molecule has 0 aromatic carbocycles. The Morgan fingerprint density at radius 3 is 1.44 bits per heavy atom. The number of hydrogen-bond acceptors (Lipinski definition) is 1. The highest BCUT2D eigenvalue weighted by molar-refractivity contribution is 4.77. The molecule has 0 aromatic heterocycles. The lowest BCUT2D eigenvalue weighted by Gasteiger charge is -2.08. The molecule has 0 radical (unpaired) electrons. The number of allylic oxidation sites excluding steroid dienone is 1. The maximum absolute atomic E-state index is 3.25. The molecule has 0 heterocycles. The van der Waals surface area contributed by atoms with E-state index in [2.05, 4.69) is 33.0 Å². The van der Waals surface area contributed by atoms with Gasteiger partial charge in [0.1, 0.15) is 0 Å². The van der Waals surface area contributed by atoms with E-state index in [-0.39, 0.29) is 0 Å². The van der Waals surface area contributed by atoms with Gasteiger partial charge in [-0.3, -0.25) is 0 Å². The first-order chi connectivity index (χ1) is 8.72. The second-order valence-corrected chi connectivity index (χ2v) is 3.06. The zero-order valence-corrected chi connectivity index (χ0v) is 15.4. The van der Waals surface area contributed by atoms with Crippen molar-refractivity contribution in [2.24, 2.45) is 0 Å². The predicted octanol–water partition coefficient (Wildman–Crippen LogP) is 6.79. The molecule has 0 spiro atoms. The van der Waals surface area contributed by atoms with Gasteiger partial charge in [0.15, 0.2) is 0 Å². The first kappa shape index (κ1) is 30.5. The second kappa shape index (κ2) is 54.8. The maximum atomic E-state index is 3.25. The van der Waals surface area contributed by atoms with Crippen LogP contribution in [0.3, 0.4) is 0 Å². The van der Waals surface area contributed by atoms with Gasteiger partial charge >= 0.3 is 0 Å². The fraction of sp³-hybridized carbons (Fsp3) is 0.882. The lowest BCUT2D eigenvalue weighted by Crippen LogP contribution is -2.19. The van der Waals surface area contributed by atoms with E-state index in [1.165, 1.54) is 19.3 Å². The molecule has 0 amide bonds. The fourth-order valence-corrected chi connectivity index (χ4v) is 0.777. The van der Waals surface area contributed by atoms with E-state index in [0.29, 0.717) is 6.04 Å². The largest absolute Gasteiger partial charge is 0.389 e. The van der Waals surface area contributed by atoms with Crippen LogP contribution in [-0.2, 0) is 0 Å². The van der Waals surface area contributed by atoms with Crippen LogP contribution in [0, 0.1) is 0 Å². The molecule has 0 aliphatic carbocycles. The van der Waals surface area contributed by atoms with Crippen LogP contribution in [0.1, 0.15) is 95.4 Å². The predicted molar refractivity (Wildman–Crippen MR) is 92.3 cm³/mol. The molecule has 18 heavy (non-hydrogen) atoms. The van der Waals surface area contributed by atoms with Crippen LogP contribution in [-0.4, -0.2) is 6.04 Å². The Kier molecular flexibility index (Phi) is 92.8. The van der Waals surface area contributed by atoms with E-state index in [1.807, 2.05) is 60.7 Å². The van der Waals surface area contributed by atoms with Crippen LogP contribution in [0.2, 0.25) is 0 Å². The van der Waals surface area contributed by atoms with Gasteiger partial charge in [-0.15, -0.1) is 0 Å². The van der Waals surface area contributed by atoms with E-state index >= 15 is 0 Å². The number of nitrogens with one attached hydrogen (secondary N) is 1. The van der Waals surface area contributed by atoms with Crippen molar-refractivity contribution >= 4 is 0 Å². The monoisotopic (exact) mass is 261 g/mol. The van der Waals surface area contributed by atoms with Crippen molar-refractivity contribution in [3.63, 3.8) is 0 Å². The van der Waals surface area contributed by atoms with Gasteiger partial charge in [0.05, 0.1) is 0 Å². The molecule has 1 unspecified atom stereocenters. The summed E-state index contributed by atoms with van der Waals surface area (Å²) in [5.74, 6) is 0. The molecule has 0 bridgehead atoms. The van der Waals surface area contributed by atoms with Crippen LogP contribution in [0.4, 0.5) is 0 Å². The van der Waals surface area contributed by atoms with Crippen LogP contribution >= 0.6 is 0 Å². The minimum absolute atomic E-state index is 0.631. The highest BCUT2D eigenvalue weighted by Gasteiger charge is 1.92. The molecule has 0 saturated heterocycles. The Bertz CT molecular complexity index is 87.6. The first-order valence-electron chi connectivity index (χ1n) is 8.09. The highest BCUT2D eigenvalue weighted by atomic mass is 14.9. The third kappa shape index (κ3) is 76.8. The van der Waals surface area contributed by atoms with Crippen molar-refractivity contribution in [2.75, 3.05) is 0 Å². The van der Waals surface area contributed by atoms with E-state index in [4.69, 9.17) is 0 Å². The normalized spacial score (nSPS) is 9.06. The van der Waals surface area contributed by atoms with Crippen molar-refractivity contribution in [1.82, 2.24) is 5.32 Å². The lowest BCUT2D eigenvalue weighted by atomic mass is 10.2. The topological polar surface area (TPSA) is 12.0 Å². The summed E-state index contributed by atoms with van der Waals surface area (Å²) in [6.07, 6.45) is 7.78. The Balaban J connectivity index is -0.0000000524. The Morgan fingerprint density at radius 2 is 1.22 bits per heavy atom. The summed E-state index contributed by atoms with van der Waals surface area (Å²) in [5, 5.41) is 3.25. The van der Waals surface area contributed by atoms with E-state index in [1.54, 1.807) is 0 Å². The molecule has 0 fully saturated rings. The zero-order chi connectivity index (χ0) is 15.8. The van der Waals surface area contributed by atoms with E-state index in [9.17, 15) is 0 Å². The third-order valence-corrected chi connectivity index (χ3v) is 1.27. The molecule has 1 N–H and O–H groups in total. The minimum atomic E-state index is 0.631. The van der Waals surface area contributed by atoms with Crippen LogP contribution < -0.4 is 5.32 Å². The molecule has 0 aromatic rings. The van der Waals surface area contributed by atoms with E-state index in [0.717, 1.165) is 0 Å². The molecular weight excluding hydrogens is 218 g/mol. The molecule has 0 aliphatic rings. The molecule has 116 valence electrons. The first-order valence-corrected chi connectivity index (χ1v) is 8.09. The Labute approximate surface area is 119 Å². The summed E-state index contributed by atoms with van der Waals surface area (Å²) in [5.41, 5.74) is 0. The van der Waals surface area contributed by atoms with Gasteiger partial charge in [-0.25, -0.2) is 0 Å². The van der Waals surface area contributed by atoms with Gasteiger partial charge in [-0.2, -0.15) is 0 Å². The minimum Gasteiger partial charge on any atom is -0.389 e. The van der Waals surface area contributed by atoms with Crippen LogP contribution in [0.15, 0.2) is 12.3 Å². The third-order valence-electron chi connectivity index (χ3n) is 1.27. The van der Waals surface area contributed by atoms with E-state index < -0.39 is 0 Å². The van der Waals surface area contributed by atoms with Gasteiger partial charge in [0.25, 0.3) is 0 Å². The summed E-state index contributed by atoms with van der Waals surface area (Å²) >= 11 is 0. The molecular formula is C17H43N. The second-order valence-electron chi connectivity index (χ2n) is 3.06. The van der Waals surface area contributed by atoms with Gasteiger partial charge in [0.2, 0.25) is 0 Å². The Morgan fingerprint density at radius 1 is 0.889 bits per heavy atom. The van der Waals surface area contributed by atoms with Crippen LogP contribution in [0.5, 0.6) is 0 Å². The molecule has 0 saturated carbocycles. The highest BCUT2D eigenvalue weighted by Crippen LogP contribution is 1.93. The van der Waals surface area contributed by atoms with Gasteiger partial charge in [0, 0.05) is 6.04 Å². The molecule has 1 nitrogen and oxygen atoms in total. The summed E-state index contributed by atoms with van der Waals surface area (Å²) in [6, 6.07) is 0.631. The average Bonchev–Trinajstić information content (AvgIpc) is 2.44. The molecule has 1 atom stereocenters. The van der Waals surface area contributed by atoms with Crippen molar-refractivity contribution < 1.29 is 0 Å². The van der Waals surface area contributed by atoms with Crippen molar-refractivity contribution in [1.29, 1.82) is 0 Å². The smallest absolute Gasteiger partial charge is 0.0227 e. The van der Waals surface area contributed by atoms with Crippen molar-refractivity contribution in [2.45, 2.75) is 101 Å². The standard InChI is InChI=1S/C8H17N.C3H8.3C2H6/c1-4-6-8(3)9-7-5-2;1-3-2;3*1-2/h5,7-9H,4,6H2,1-3H3;3H2,1-2H3;3*1-2H3/b7-5-;;;;. The number of hydrogen-bond donors (Lipinski definition) is 1. The van der Waals surface area contributed by atoms with Crippen LogP contribution in [0.25, 0.3) is 0 Å². The van der Waals surface area contributed by atoms with Gasteiger partial charge in [-0.05, 0) is 26.5 Å². The van der Waals surface area contributed by atoms with Crippen molar-refractivity contribution in [3.8, 4) is 0 Å². The molecule has 0 aliphatic heterocycles. The van der Waals surface area contributed by atoms with Gasteiger partial charge in [-0.1, -0.05) is 81.2 Å². The lowest BCUT2D eigenvalue weighted by molar-refractivity contribution is 0.578. The average molecular weight is 262 g/mol. The zero-order valence-electron chi connectivity index (χ0n) is 15.4. The van der Waals surface area contributed by atoms with Gasteiger partial charge < -0.3 is 5.32 Å². The quantitative estimate of drug-likeness (QED) is 0.587. The maximum Gasteiger partial charge on any atom is 0.0227 e. The number of rotatable bonds is 4. The summed E-state index contributed by atoms with van der Waals surface area (Å²) in [4.78, 5) is 0. The molecule has 0 rings (SSSR count). The summed E-state index contributed by atoms with van der Waals surface area (Å²) in [7, 11) is 0. The molecule has 1 heteroatoms. The fourth-order valence-electron chi connectivity index (χ4n) is 0.777. The summed E-state index contributed by atoms with van der Waals surface area (Å²) in [6.45, 7) is 22.7.